The van der Waals surface area contributed by atoms with E-state index in [-0.39, 0.29) is 35.2 Å². The standard InChI is InChI=1S/C19H20ClFN2O5S/c20-15-11-13(4-6-16(15)21)23-19(24)3-1-8-22-29(25,26)14-5-7-17-18(12-14)28-10-2-9-27-17/h4-7,11-12,22H,1-3,8-10H2,(H,23,24). The van der Waals surface area contributed by atoms with Crippen molar-refractivity contribution in [3.05, 3.63) is 47.2 Å². The van der Waals surface area contributed by atoms with Gasteiger partial charge in [-0.15, -0.1) is 0 Å². The molecule has 2 aromatic rings. The number of carbonyl (C=O) groups excluding carboxylic acids is 1. The van der Waals surface area contributed by atoms with Crippen molar-refractivity contribution in [2.45, 2.75) is 24.2 Å². The van der Waals surface area contributed by atoms with Gasteiger partial charge in [-0.05, 0) is 36.8 Å². The number of hydrogen-bond donors (Lipinski definition) is 2. The smallest absolute Gasteiger partial charge is 0.240 e. The highest BCUT2D eigenvalue weighted by molar-refractivity contribution is 7.89. The van der Waals surface area contributed by atoms with Crippen LogP contribution in [-0.2, 0) is 14.8 Å². The molecule has 2 aromatic carbocycles. The van der Waals surface area contributed by atoms with Crippen LogP contribution in [0, 0.1) is 5.82 Å². The lowest BCUT2D eigenvalue weighted by molar-refractivity contribution is -0.116. The topological polar surface area (TPSA) is 93.7 Å². The first kappa shape index (κ1) is 21.4. The van der Waals surface area contributed by atoms with Gasteiger partial charge in [0.15, 0.2) is 11.5 Å². The largest absolute Gasteiger partial charge is 0.490 e. The third-order valence-electron chi connectivity index (χ3n) is 4.11. The molecule has 0 atom stereocenters. The zero-order valence-electron chi connectivity index (χ0n) is 15.4. The van der Waals surface area contributed by atoms with Gasteiger partial charge in [-0.1, -0.05) is 11.6 Å². The number of nitrogens with one attached hydrogen (secondary N) is 2. The second-order valence-electron chi connectivity index (χ2n) is 6.34. The van der Waals surface area contributed by atoms with Crippen LogP contribution in [0.2, 0.25) is 5.02 Å². The van der Waals surface area contributed by atoms with E-state index in [1.807, 2.05) is 0 Å². The molecule has 0 aliphatic carbocycles. The molecule has 1 amide bonds. The van der Waals surface area contributed by atoms with Gasteiger partial charge in [-0.3, -0.25) is 4.79 Å². The summed E-state index contributed by atoms with van der Waals surface area (Å²) >= 11 is 5.67. The van der Waals surface area contributed by atoms with Crippen molar-refractivity contribution in [1.82, 2.24) is 4.72 Å². The normalized spacial score (nSPS) is 13.6. The molecule has 0 spiro atoms. The molecule has 0 fully saturated rings. The maximum absolute atomic E-state index is 13.1. The Balaban J connectivity index is 1.49. The minimum Gasteiger partial charge on any atom is -0.490 e. The van der Waals surface area contributed by atoms with Crippen molar-refractivity contribution in [2.75, 3.05) is 25.1 Å². The Morgan fingerprint density at radius 2 is 1.86 bits per heavy atom. The molecule has 7 nitrogen and oxygen atoms in total. The quantitative estimate of drug-likeness (QED) is 0.641. The van der Waals surface area contributed by atoms with Gasteiger partial charge < -0.3 is 14.8 Å². The summed E-state index contributed by atoms with van der Waals surface area (Å²) in [7, 11) is -3.75. The highest BCUT2D eigenvalue weighted by Crippen LogP contribution is 2.31. The summed E-state index contributed by atoms with van der Waals surface area (Å²) in [5.41, 5.74) is 0.370. The van der Waals surface area contributed by atoms with Crippen molar-refractivity contribution in [3.63, 3.8) is 0 Å². The fraction of sp³-hybridized carbons (Fsp3) is 0.316. The number of carbonyl (C=O) groups is 1. The van der Waals surface area contributed by atoms with Crippen LogP contribution < -0.4 is 19.5 Å². The lowest BCUT2D eigenvalue weighted by Gasteiger charge is -2.11. The van der Waals surface area contributed by atoms with Gasteiger partial charge in [0.2, 0.25) is 15.9 Å². The molecule has 0 radical (unpaired) electrons. The molecule has 29 heavy (non-hydrogen) atoms. The predicted molar refractivity (Wildman–Crippen MR) is 107 cm³/mol. The number of rotatable bonds is 7. The van der Waals surface area contributed by atoms with E-state index in [1.54, 1.807) is 6.07 Å². The summed E-state index contributed by atoms with van der Waals surface area (Å²) in [6.45, 7) is 1.05. The van der Waals surface area contributed by atoms with Crippen LogP contribution in [0.5, 0.6) is 11.5 Å². The van der Waals surface area contributed by atoms with Gasteiger partial charge in [0.05, 0.1) is 23.1 Å². The molecule has 3 rings (SSSR count). The Labute approximate surface area is 173 Å². The first-order valence-corrected chi connectivity index (χ1v) is 10.9. The Hall–Kier alpha value is -2.36. The summed E-state index contributed by atoms with van der Waals surface area (Å²) in [4.78, 5) is 12.0. The minimum absolute atomic E-state index is 0.0622. The van der Waals surface area contributed by atoms with Crippen LogP contribution in [0.25, 0.3) is 0 Å². The van der Waals surface area contributed by atoms with E-state index in [2.05, 4.69) is 10.0 Å². The number of amides is 1. The average Bonchev–Trinajstić information content (AvgIpc) is 2.93. The van der Waals surface area contributed by atoms with Gasteiger partial charge in [-0.2, -0.15) is 0 Å². The second kappa shape index (κ2) is 9.43. The summed E-state index contributed by atoms with van der Waals surface area (Å²) in [5, 5.41) is 2.49. The third-order valence-corrected chi connectivity index (χ3v) is 5.85. The summed E-state index contributed by atoms with van der Waals surface area (Å²) in [6, 6.07) is 8.29. The zero-order chi connectivity index (χ0) is 20.9. The summed E-state index contributed by atoms with van der Waals surface area (Å²) < 4.78 is 51.5. The minimum atomic E-state index is -3.75. The van der Waals surface area contributed by atoms with Gasteiger partial charge in [0.1, 0.15) is 5.82 Å². The number of ether oxygens (including phenoxy) is 2. The Kier molecular flexibility index (Phi) is 6.94. The number of sulfonamides is 1. The van der Waals surface area contributed by atoms with E-state index in [1.165, 1.54) is 24.3 Å². The number of benzene rings is 2. The molecule has 2 N–H and O–H groups in total. The van der Waals surface area contributed by atoms with E-state index in [0.717, 1.165) is 12.5 Å². The molecule has 156 valence electrons. The monoisotopic (exact) mass is 442 g/mol. The zero-order valence-corrected chi connectivity index (χ0v) is 17.0. The Morgan fingerprint density at radius 1 is 1.10 bits per heavy atom. The lowest BCUT2D eigenvalue weighted by Crippen LogP contribution is -2.25. The fourth-order valence-electron chi connectivity index (χ4n) is 2.65. The average molecular weight is 443 g/mol. The van der Waals surface area contributed by atoms with Crippen molar-refractivity contribution >= 4 is 33.2 Å². The second-order valence-corrected chi connectivity index (χ2v) is 8.51. The molecule has 1 aliphatic rings. The first-order chi connectivity index (χ1) is 13.8. The predicted octanol–water partition coefficient (Wildman–Crippen LogP) is 3.34. The SMILES string of the molecule is O=C(CCCNS(=O)(=O)c1ccc2c(c1)OCCCO2)Nc1ccc(F)c(Cl)c1. The molecule has 10 heteroatoms. The van der Waals surface area contributed by atoms with Crippen LogP contribution in [0.3, 0.4) is 0 Å². The first-order valence-electron chi connectivity index (χ1n) is 8.99. The van der Waals surface area contributed by atoms with E-state index in [4.69, 9.17) is 21.1 Å². The maximum Gasteiger partial charge on any atom is 0.240 e. The Morgan fingerprint density at radius 3 is 2.62 bits per heavy atom. The number of fused-ring (bicyclic) bond motifs is 1. The van der Waals surface area contributed by atoms with E-state index >= 15 is 0 Å². The molecule has 0 unspecified atom stereocenters. The lowest BCUT2D eigenvalue weighted by atomic mass is 10.2. The fourth-order valence-corrected chi connectivity index (χ4v) is 3.92. The van der Waals surface area contributed by atoms with Crippen molar-refractivity contribution in [2.24, 2.45) is 0 Å². The summed E-state index contributed by atoms with van der Waals surface area (Å²) in [6.07, 6.45) is 1.09. The van der Waals surface area contributed by atoms with Gasteiger partial charge in [0, 0.05) is 31.1 Å². The molecule has 1 heterocycles. The molecule has 1 aliphatic heterocycles. The highest BCUT2D eigenvalue weighted by atomic mass is 35.5. The van der Waals surface area contributed by atoms with Crippen LogP contribution in [0.1, 0.15) is 19.3 Å². The van der Waals surface area contributed by atoms with Crippen molar-refractivity contribution < 1.29 is 27.1 Å². The van der Waals surface area contributed by atoms with Gasteiger partial charge in [0.25, 0.3) is 0 Å². The molecule has 0 saturated carbocycles. The maximum atomic E-state index is 13.1. The molecule has 0 aromatic heterocycles. The van der Waals surface area contributed by atoms with Gasteiger partial charge in [-0.25, -0.2) is 17.5 Å². The third kappa shape index (κ3) is 5.81. The molecular weight excluding hydrogens is 423 g/mol. The van der Waals surface area contributed by atoms with E-state index in [0.29, 0.717) is 30.4 Å². The Bertz CT molecular complexity index is 1000. The molecule has 0 bridgehead atoms. The van der Waals surface area contributed by atoms with Crippen LogP contribution in [0.4, 0.5) is 10.1 Å². The van der Waals surface area contributed by atoms with E-state index in [9.17, 15) is 17.6 Å². The van der Waals surface area contributed by atoms with Crippen molar-refractivity contribution in [1.29, 1.82) is 0 Å². The van der Waals surface area contributed by atoms with E-state index < -0.39 is 15.8 Å². The van der Waals surface area contributed by atoms with Crippen LogP contribution >= 0.6 is 11.6 Å². The number of anilines is 1. The summed E-state index contributed by atoms with van der Waals surface area (Å²) in [5.74, 6) is -0.00184. The highest BCUT2D eigenvalue weighted by Gasteiger charge is 2.18. The molecular formula is C19H20ClFN2O5S. The molecule has 0 saturated heterocycles. The van der Waals surface area contributed by atoms with Crippen LogP contribution in [0.15, 0.2) is 41.3 Å². The number of hydrogen-bond acceptors (Lipinski definition) is 5. The van der Waals surface area contributed by atoms with Crippen molar-refractivity contribution in [3.8, 4) is 11.5 Å². The van der Waals surface area contributed by atoms with Crippen LogP contribution in [-0.4, -0.2) is 34.1 Å². The number of halogens is 2. The van der Waals surface area contributed by atoms with Gasteiger partial charge >= 0.3 is 0 Å².